The van der Waals surface area contributed by atoms with Crippen LogP contribution in [0.1, 0.15) is 18.4 Å². The Labute approximate surface area is 85.5 Å². The Morgan fingerprint density at radius 2 is 1.93 bits per heavy atom. The van der Waals surface area contributed by atoms with E-state index in [1.54, 1.807) is 7.11 Å². The van der Waals surface area contributed by atoms with Crippen molar-refractivity contribution >= 4 is 5.69 Å². The molecule has 2 rings (SSSR count). The van der Waals surface area contributed by atoms with Gasteiger partial charge in [0.25, 0.3) is 0 Å². The Kier molecular flexibility index (Phi) is 2.62. The SMILES string of the molecule is COc1cc(N2CCCC2)ccc1C. The third kappa shape index (κ3) is 1.69. The molecule has 0 spiro atoms. The van der Waals surface area contributed by atoms with Gasteiger partial charge in [-0.2, -0.15) is 0 Å². The number of anilines is 1. The van der Waals surface area contributed by atoms with E-state index in [4.69, 9.17) is 4.74 Å². The van der Waals surface area contributed by atoms with Gasteiger partial charge in [0, 0.05) is 24.8 Å². The van der Waals surface area contributed by atoms with E-state index in [0.29, 0.717) is 0 Å². The average molecular weight is 191 g/mol. The summed E-state index contributed by atoms with van der Waals surface area (Å²) in [5.74, 6) is 0.995. The van der Waals surface area contributed by atoms with E-state index in [1.807, 2.05) is 0 Å². The predicted molar refractivity (Wildman–Crippen MR) is 59.2 cm³/mol. The number of hydrogen-bond donors (Lipinski definition) is 0. The fourth-order valence-electron chi connectivity index (χ4n) is 1.98. The Morgan fingerprint density at radius 3 is 2.57 bits per heavy atom. The van der Waals surface area contributed by atoms with Crippen LogP contribution in [0.3, 0.4) is 0 Å². The van der Waals surface area contributed by atoms with Gasteiger partial charge in [0.15, 0.2) is 0 Å². The molecule has 0 N–H and O–H groups in total. The average Bonchev–Trinajstić information content (AvgIpc) is 2.71. The lowest BCUT2D eigenvalue weighted by atomic mass is 10.2. The van der Waals surface area contributed by atoms with Crippen LogP contribution >= 0.6 is 0 Å². The van der Waals surface area contributed by atoms with Gasteiger partial charge in [0.2, 0.25) is 0 Å². The molecule has 1 aromatic rings. The van der Waals surface area contributed by atoms with Crippen LogP contribution in [0.15, 0.2) is 18.2 Å². The van der Waals surface area contributed by atoms with Crippen LogP contribution in [-0.4, -0.2) is 20.2 Å². The van der Waals surface area contributed by atoms with E-state index in [-0.39, 0.29) is 0 Å². The molecule has 0 unspecified atom stereocenters. The van der Waals surface area contributed by atoms with Crippen molar-refractivity contribution in [1.82, 2.24) is 0 Å². The third-order valence-corrected chi connectivity index (χ3v) is 2.86. The largest absolute Gasteiger partial charge is 0.496 e. The quantitative estimate of drug-likeness (QED) is 0.712. The van der Waals surface area contributed by atoms with Gasteiger partial charge in [-0.15, -0.1) is 0 Å². The molecule has 2 heteroatoms. The second-order valence-electron chi connectivity index (χ2n) is 3.85. The number of benzene rings is 1. The van der Waals surface area contributed by atoms with E-state index in [9.17, 15) is 0 Å². The van der Waals surface area contributed by atoms with Crippen LogP contribution in [0.2, 0.25) is 0 Å². The number of hydrogen-bond acceptors (Lipinski definition) is 2. The summed E-state index contributed by atoms with van der Waals surface area (Å²) in [5, 5.41) is 0. The first-order valence-electron chi connectivity index (χ1n) is 5.21. The Balaban J connectivity index is 2.25. The van der Waals surface area contributed by atoms with Crippen LogP contribution in [0.4, 0.5) is 5.69 Å². The van der Waals surface area contributed by atoms with E-state index >= 15 is 0 Å². The maximum absolute atomic E-state index is 5.32. The summed E-state index contributed by atoms with van der Waals surface area (Å²) in [4.78, 5) is 2.42. The summed E-state index contributed by atoms with van der Waals surface area (Å²) < 4.78 is 5.32. The molecule has 1 aliphatic heterocycles. The van der Waals surface area contributed by atoms with Crippen molar-refractivity contribution < 1.29 is 4.74 Å². The van der Waals surface area contributed by atoms with Gasteiger partial charge in [-0.3, -0.25) is 0 Å². The summed E-state index contributed by atoms with van der Waals surface area (Å²) >= 11 is 0. The van der Waals surface area contributed by atoms with Gasteiger partial charge < -0.3 is 9.64 Å². The van der Waals surface area contributed by atoms with Crippen LogP contribution in [-0.2, 0) is 0 Å². The maximum atomic E-state index is 5.32. The molecule has 1 fully saturated rings. The van der Waals surface area contributed by atoms with Crippen molar-refractivity contribution in [3.8, 4) is 5.75 Å². The van der Waals surface area contributed by atoms with Crippen LogP contribution in [0.5, 0.6) is 5.75 Å². The number of rotatable bonds is 2. The Bertz CT molecular complexity index is 316. The smallest absolute Gasteiger partial charge is 0.123 e. The molecule has 1 saturated heterocycles. The van der Waals surface area contributed by atoms with Crippen molar-refractivity contribution in [2.75, 3.05) is 25.1 Å². The number of aryl methyl sites for hydroxylation is 1. The number of ether oxygens (including phenoxy) is 1. The van der Waals surface area contributed by atoms with Crippen molar-refractivity contribution in [3.05, 3.63) is 23.8 Å². The molecule has 1 aromatic carbocycles. The number of methoxy groups -OCH3 is 1. The molecule has 0 radical (unpaired) electrons. The summed E-state index contributed by atoms with van der Waals surface area (Å²) in [5.41, 5.74) is 2.50. The van der Waals surface area contributed by atoms with E-state index in [0.717, 1.165) is 5.75 Å². The van der Waals surface area contributed by atoms with Gasteiger partial charge in [0.05, 0.1) is 7.11 Å². The molecular weight excluding hydrogens is 174 g/mol. The van der Waals surface area contributed by atoms with Gasteiger partial charge in [-0.1, -0.05) is 6.07 Å². The second kappa shape index (κ2) is 3.91. The van der Waals surface area contributed by atoms with Crippen LogP contribution < -0.4 is 9.64 Å². The van der Waals surface area contributed by atoms with Crippen molar-refractivity contribution in [2.24, 2.45) is 0 Å². The lowest BCUT2D eigenvalue weighted by molar-refractivity contribution is 0.411. The van der Waals surface area contributed by atoms with Crippen molar-refractivity contribution in [2.45, 2.75) is 19.8 Å². The highest BCUT2D eigenvalue weighted by Gasteiger charge is 2.13. The topological polar surface area (TPSA) is 12.5 Å². The molecule has 14 heavy (non-hydrogen) atoms. The molecule has 0 saturated carbocycles. The number of nitrogens with zero attached hydrogens (tertiary/aromatic N) is 1. The zero-order valence-corrected chi connectivity index (χ0v) is 8.92. The molecule has 0 aromatic heterocycles. The van der Waals surface area contributed by atoms with Gasteiger partial charge >= 0.3 is 0 Å². The molecular formula is C12H17NO. The Morgan fingerprint density at radius 1 is 1.21 bits per heavy atom. The van der Waals surface area contributed by atoms with E-state index in [2.05, 4.69) is 30.0 Å². The standard InChI is InChI=1S/C12H17NO/c1-10-5-6-11(9-12(10)14-2)13-7-3-4-8-13/h5-6,9H,3-4,7-8H2,1-2H3. The third-order valence-electron chi connectivity index (χ3n) is 2.86. The fourth-order valence-corrected chi connectivity index (χ4v) is 1.98. The van der Waals surface area contributed by atoms with Crippen LogP contribution in [0, 0.1) is 6.92 Å². The lowest BCUT2D eigenvalue weighted by Crippen LogP contribution is -2.17. The highest BCUT2D eigenvalue weighted by molar-refractivity contribution is 5.54. The summed E-state index contributed by atoms with van der Waals surface area (Å²) in [7, 11) is 1.73. The zero-order valence-electron chi connectivity index (χ0n) is 8.92. The van der Waals surface area contributed by atoms with Gasteiger partial charge in [0.1, 0.15) is 5.75 Å². The first-order chi connectivity index (χ1) is 6.81. The molecule has 76 valence electrons. The van der Waals surface area contributed by atoms with Crippen molar-refractivity contribution in [3.63, 3.8) is 0 Å². The van der Waals surface area contributed by atoms with Crippen molar-refractivity contribution in [1.29, 1.82) is 0 Å². The van der Waals surface area contributed by atoms with E-state index in [1.165, 1.54) is 37.2 Å². The summed E-state index contributed by atoms with van der Waals surface area (Å²) in [6.45, 7) is 4.45. The minimum atomic E-state index is 0.995. The first-order valence-corrected chi connectivity index (χ1v) is 5.21. The second-order valence-corrected chi connectivity index (χ2v) is 3.85. The fraction of sp³-hybridized carbons (Fsp3) is 0.500. The highest BCUT2D eigenvalue weighted by Crippen LogP contribution is 2.27. The summed E-state index contributed by atoms with van der Waals surface area (Å²) in [6, 6.07) is 6.45. The molecule has 0 aliphatic carbocycles. The first kappa shape index (κ1) is 9.38. The summed E-state index contributed by atoms with van der Waals surface area (Å²) in [6.07, 6.45) is 2.63. The molecule has 1 heterocycles. The highest BCUT2D eigenvalue weighted by atomic mass is 16.5. The Hall–Kier alpha value is -1.18. The minimum Gasteiger partial charge on any atom is -0.496 e. The van der Waals surface area contributed by atoms with Gasteiger partial charge in [-0.25, -0.2) is 0 Å². The monoisotopic (exact) mass is 191 g/mol. The lowest BCUT2D eigenvalue weighted by Gasteiger charge is -2.18. The molecule has 0 amide bonds. The van der Waals surface area contributed by atoms with Crippen LogP contribution in [0.25, 0.3) is 0 Å². The molecule has 1 aliphatic rings. The normalized spacial score (nSPS) is 16.0. The maximum Gasteiger partial charge on any atom is 0.123 e. The van der Waals surface area contributed by atoms with Gasteiger partial charge in [-0.05, 0) is 31.4 Å². The molecule has 0 atom stereocenters. The zero-order chi connectivity index (χ0) is 9.97. The van der Waals surface area contributed by atoms with E-state index < -0.39 is 0 Å². The predicted octanol–water partition coefficient (Wildman–Crippen LogP) is 2.60. The minimum absolute atomic E-state index is 0.995. The molecule has 2 nitrogen and oxygen atoms in total. The molecule has 0 bridgehead atoms.